The summed E-state index contributed by atoms with van der Waals surface area (Å²) in [6, 6.07) is 7.16. The quantitative estimate of drug-likeness (QED) is 0.729. The average molecular weight is 407 g/mol. The van der Waals surface area contributed by atoms with Crippen molar-refractivity contribution in [3.05, 3.63) is 34.9 Å². The molecule has 2 aliphatic heterocycles. The SMILES string of the molecule is O=C(c1cccc(Cl)c1)N1CCC2(CC1)SCCN2C(=O)C1CCCCC1. The van der Waals surface area contributed by atoms with E-state index in [4.69, 9.17) is 11.6 Å². The predicted molar refractivity (Wildman–Crippen MR) is 110 cm³/mol. The van der Waals surface area contributed by atoms with Crippen LogP contribution >= 0.6 is 23.4 Å². The van der Waals surface area contributed by atoms with Gasteiger partial charge in [0.2, 0.25) is 5.91 Å². The number of piperidine rings is 1. The number of amides is 2. The van der Waals surface area contributed by atoms with Gasteiger partial charge in [-0.05, 0) is 43.9 Å². The van der Waals surface area contributed by atoms with E-state index < -0.39 is 0 Å². The van der Waals surface area contributed by atoms with E-state index in [2.05, 4.69) is 4.90 Å². The predicted octanol–water partition coefficient (Wildman–Crippen LogP) is 4.43. The summed E-state index contributed by atoms with van der Waals surface area (Å²) in [5.41, 5.74) is 0.646. The molecule has 2 saturated heterocycles. The van der Waals surface area contributed by atoms with Crippen LogP contribution in [0.1, 0.15) is 55.3 Å². The molecular formula is C21H27ClN2O2S. The highest BCUT2D eigenvalue weighted by molar-refractivity contribution is 8.00. The fourth-order valence-corrected chi connectivity index (χ4v) is 6.42. The van der Waals surface area contributed by atoms with Crippen molar-refractivity contribution in [2.75, 3.05) is 25.4 Å². The third-order valence-electron chi connectivity index (χ3n) is 6.30. The molecule has 0 N–H and O–H groups in total. The van der Waals surface area contributed by atoms with Crippen LogP contribution in [-0.2, 0) is 4.79 Å². The van der Waals surface area contributed by atoms with Crippen molar-refractivity contribution >= 4 is 35.2 Å². The largest absolute Gasteiger partial charge is 0.338 e. The minimum Gasteiger partial charge on any atom is -0.338 e. The Balaban J connectivity index is 1.42. The molecule has 0 aromatic heterocycles. The van der Waals surface area contributed by atoms with Crippen LogP contribution in [-0.4, -0.2) is 51.9 Å². The lowest BCUT2D eigenvalue weighted by Crippen LogP contribution is -2.55. The van der Waals surface area contributed by atoms with Gasteiger partial charge in [-0.3, -0.25) is 9.59 Å². The smallest absolute Gasteiger partial charge is 0.253 e. The van der Waals surface area contributed by atoms with Gasteiger partial charge in [0, 0.05) is 41.9 Å². The number of likely N-dealkylation sites (tertiary alicyclic amines) is 1. The summed E-state index contributed by atoms with van der Waals surface area (Å²) in [6.45, 7) is 2.27. The van der Waals surface area contributed by atoms with Crippen LogP contribution in [0, 0.1) is 5.92 Å². The van der Waals surface area contributed by atoms with Crippen molar-refractivity contribution in [2.24, 2.45) is 5.92 Å². The maximum absolute atomic E-state index is 13.2. The molecule has 1 aliphatic carbocycles. The Kier molecular flexibility index (Phi) is 5.70. The van der Waals surface area contributed by atoms with Gasteiger partial charge in [-0.1, -0.05) is 36.9 Å². The molecule has 2 heterocycles. The van der Waals surface area contributed by atoms with Crippen molar-refractivity contribution in [1.82, 2.24) is 9.80 Å². The van der Waals surface area contributed by atoms with Crippen LogP contribution in [0.15, 0.2) is 24.3 Å². The molecule has 27 heavy (non-hydrogen) atoms. The molecule has 3 fully saturated rings. The lowest BCUT2D eigenvalue weighted by Gasteiger charge is -2.45. The number of nitrogens with zero attached hydrogens (tertiary/aromatic N) is 2. The van der Waals surface area contributed by atoms with Crippen LogP contribution in [0.5, 0.6) is 0 Å². The summed E-state index contributed by atoms with van der Waals surface area (Å²) in [6.07, 6.45) is 7.47. The summed E-state index contributed by atoms with van der Waals surface area (Å²) in [5, 5.41) is 0.588. The molecule has 0 atom stereocenters. The van der Waals surface area contributed by atoms with Gasteiger partial charge in [-0.25, -0.2) is 0 Å². The van der Waals surface area contributed by atoms with Crippen LogP contribution in [0.25, 0.3) is 0 Å². The summed E-state index contributed by atoms with van der Waals surface area (Å²) < 4.78 is 0. The summed E-state index contributed by atoms with van der Waals surface area (Å²) in [7, 11) is 0. The topological polar surface area (TPSA) is 40.6 Å². The Labute approximate surface area is 170 Å². The van der Waals surface area contributed by atoms with Crippen LogP contribution in [0.4, 0.5) is 0 Å². The highest BCUT2D eigenvalue weighted by Crippen LogP contribution is 2.45. The lowest BCUT2D eigenvalue weighted by molar-refractivity contribution is -0.140. The number of halogens is 1. The fourth-order valence-electron chi connectivity index (χ4n) is 4.77. The third kappa shape index (κ3) is 3.86. The van der Waals surface area contributed by atoms with Gasteiger partial charge in [0.1, 0.15) is 0 Å². The van der Waals surface area contributed by atoms with E-state index in [1.807, 2.05) is 28.8 Å². The van der Waals surface area contributed by atoms with Crippen LogP contribution in [0.2, 0.25) is 5.02 Å². The first-order valence-electron chi connectivity index (χ1n) is 10.1. The molecule has 146 valence electrons. The maximum atomic E-state index is 13.2. The first-order valence-corrected chi connectivity index (χ1v) is 11.5. The van der Waals surface area contributed by atoms with E-state index in [1.165, 1.54) is 19.3 Å². The second-order valence-corrected chi connectivity index (χ2v) is 9.82. The van der Waals surface area contributed by atoms with Gasteiger partial charge in [0.15, 0.2) is 0 Å². The second-order valence-electron chi connectivity index (χ2n) is 7.92. The normalized spacial score (nSPS) is 23.0. The maximum Gasteiger partial charge on any atom is 0.253 e. The van der Waals surface area contributed by atoms with E-state index in [-0.39, 0.29) is 16.7 Å². The Morgan fingerprint density at radius 2 is 1.81 bits per heavy atom. The van der Waals surface area contributed by atoms with Crippen molar-refractivity contribution < 1.29 is 9.59 Å². The highest BCUT2D eigenvalue weighted by atomic mass is 35.5. The number of benzene rings is 1. The van der Waals surface area contributed by atoms with E-state index in [0.717, 1.165) is 38.0 Å². The third-order valence-corrected chi connectivity index (χ3v) is 8.09. The van der Waals surface area contributed by atoms with Gasteiger partial charge in [0.05, 0.1) is 4.87 Å². The van der Waals surface area contributed by atoms with Crippen LogP contribution < -0.4 is 0 Å². The Morgan fingerprint density at radius 1 is 1.07 bits per heavy atom. The van der Waals surface area contributed by atoms with Crippen molar-refractivity contribution in [1.29, 1.82) is 0 Å². The Morgan fingerprint density at radius 3 is 2.52 bits per heavy atom. The number of carbonyl (C=O) groups is 2. The van der Waals surface area contributed by atoms with Gasteiger partial charge in [-0.15, -0.1) is 11.8 Å². The number of hydrogen-bond acceptors (Lipinski definition) is 3. The zero-order chi connectivity index (χ0) is 18.9. The zero-order valence-electron chi connectivity index (χ0n) is 15.7. The van der Waals surface area contributed by atoms with Gasteiger partial charge >= 0.3 is 0 Å². The molecule has 1 spiro atoms. The molecule has 1 aromatic carbocycles. The van der Waals surface area contributed by atoms with Crippen LogP contribution in [0.3, 0.4) is 0 Å². The molecule has 1 aromatic rings. The Bertz CT molecular complexity index is 712. The van der Waals surface area contributed by atoms with E-state index in [1.54, 1.807) is 12.1 Å². The summed E-state index contributed by atoms with van der Waals surface area (Å²) >= 11 is 7.96. The summed E-state index contributed by atoms with van der Waals surface area (Å²) in [5.74, 6) is 1.65. The van der Waals surface area contributed by atoms with Gasteiger partial charge < -0.3 is 9.80 Å². The molecular weight excluding hydrogens is 380 g/mol. The molecule has 0 bridgehead atoms. The van der Waals surface area contributed by atoms with Crippen molar-refractivity contribution in [3.63, 3.8) is 0 Å². The summed E-state index contributed by atoms with van der Waals surface area (Å²) in [4.78, 5) is 30.0. The van der Waals surface area contributed by atoms with E-state index >= 15 is 0 Å². The van der Waals surface area contributed by atoms with Gasteiger partial charge in [-0.2, -0.15) is 0 Å². The molecule has 2 amide bonds. The molecule has 6 heteroatoms. The second kappa shape index (κ2) is 8.04. The molecule has 3 aliphatic rings. The van der Waals surface area contributed by atoms with E-state index in [9.17, 15) is 9.59 Å². The molecule has 4 rings (SSSR count). The monoisotopic (exact) mass is 406 g/mol. The molecule has 0 unspecified atom stereocenters. The zero-order valence-corrected chi connectivity index (χ0v) is 17.2. The first-order chi connectivity index (χ1) is 13.1. The minimum absolute atomic E-state index is 0.0421. The first kappa shape index (κ1) is 19.1. The lowest BCUT2D eigenvalue weighted by atomic mass is 9.87. The number of hydrogen-bond donors (Lipinski definition) is 0. The minimum atomic E-state index is -0.0976. The fraction of sp³-hybridized carbons (Fsp3) is 0.619. The average Bonchev–Trinajstić information content (AvgIpc) is 3.11. The van der Waals surface area contributed by atoms with Gasteiger partial charge in [0.25, 0.3) is 5.91 Å². The number of thioether (sulfide) groups is 1. The standard InChI is InChI=1S/C21H27ClN2O2S/c22-18-8-4-7-17(15-18)19(25)23-11-9-21(10-12-23)24(13-14-27-21)20(26)16-5-2-1-3-6-16/h4,7-8,15-16H,1-3,5-6,9-14H2. The highest BCUT2D eigenvalue weighted by Gasteiger charge is 2.48. The molecule has 1 saturated carbocycles. The van der Waals surface area contributed by atoms with Crippen molar-refractivity contribution in [3.8, 4) is 0 Å². The number of rotatable bonds is 2. The van der Waals surface area contributed by atoms with E-state index in [0.29, 0.717) is 29.6 Å². The molecule has 0 radical (unpaired) electrons. The Hall–Kier alpha value is -1.20. The number of carbonyl (C=O) groups excluding carboxylic acids is 2. The molecule has 4 nitrogen and oxygen atoms in total. The van der Waals surface area contributed by atoms with Crippen molar-refractivity contribution in [2.45, 2.75) is 49.8 Å².